The lowest BCUT2D eigenvalue weighted by atomic mass is 10.0. The van der Waals surface area contributed by atoms with Gasteiger partial charge in [-0.15, -0.1) is 0 Å². The van der Waals surface area contributed by atoms with Crippen LogP contribution in [-0.2, 0) is 16.5 Å². The Morgan fingerprint density at radius 1 is 1.00 bits per heavy atom. The maximum atomic E-state index is 12.6. The average molecular weight is 446 g/mol. The molecule has 0 aliphatic carbocycles. The van der Waals surface area contributed by atoms with Crippen molar-refractivity contribution in [3.63, 3.8) is 0 Å². The SMILES string of the molecule is O=C1c2cc(Br)ccc2OS(=O)(=O)C1Cc1ccc(Br)cc1. The lowest BCUT2D eigenvalue weighted by molar-refractivity contribution is 0.0976. The second kappa shape index (κ2) is 5.79. The van der Waals surface area contributed by atoms with E-state index in [2.05, 4.69) is 31.9 Å². The largest absolute Gasteiger partial charge is 0.381 e. The zero-order valence-corrected chi connectivity index (χ0v) is 15.1. The van der Waals surface area contributed by atoms with Gasteiger partial charge < -0.3 is 4.18 Å². The van der Waals surface area contributed by atoms with Gasteiger partial charge in [0.2, 0.25) is 0 Å². The highest BCUT2D eigenvalue weighted by Crippen LogP contribution is 2.33. The van der Waals surface area contributed by atoms with Crippen LogP contribution in [0.15, 0.2) is 51.4 Å². The lowest BCUT2D eigenvalue weighted by Gasteiger charge is -2.23. The molecular formula is C15H10Br2O4S. The van der Waals surface area contributed by atoms with E-state index in [9.17, 15) is 13.2 Å². The van der Waals surface area contributed by atoms with Crippen LogP contribution in [0.5, 0.6) is 5.75 Å². The average Bonchev–Trinajstić information content (AvgIpc) is 2.46. The molecule has 1 heterocycles. The number of fused-ring (bicyclic) bond motifs is 1. The van der Waals surface area contributed by atoms with E-state index in [1.807, 2.05) is 0 Å². The molecule has 2 aromatic rings. The first-order valence-corrected chi connectivity index (χ1v) is 9.44. The predicted octanol–water partition coefficient (Wildman–Crippen LogP) is 3.73. The number of rotatable bonds is 2. The van der Waals surface area contributed by atoms with Gasteiger partial charge in [0.05, 0.1) is 5.56 Å². The van der Waals surface area contributed by atoms with Crippen molar-refractivity contribution in [3.8, 4) is 5.75 Å². The maximum Gasteiger partial charge on any atom is 0.320 e. The molecular weight excluding hydrogens is 436 g/mol. The van der Waals surface area contributed by atoms with Crippen molar-refractivity contribution in [2.24, 2.45) is 0 Å². The second-order valence-electron chi connectivity index (χ2n) is 4.90. The lowest BCUT2D eigenvalue weighted by Crippen LogP contribution is -2.39. The van der Waals surface area contributed by atoms with Crippen LogP contribution < -0.4 is 4.18 Å². The topological polar surface area (TPSA) is 60.4 Å². The molecule has 0 amide bonds. The van der Waals surface area contributed by atoms with E-state index in [1.54, 1.807) is 36.4 Å². The Morgan fingerprint density at radius 2 is 1.64 bits per heavy atom. The van der Waals surface area contributed by atoms with E-state index in [-0.39, 0.29) is 17.7 Å². The molecule has 0 fully saturated rings. The number of halogens is 2. The Bertz CT molecular complexity index is 844. The summed E-state index contributed by atoms with van der Waals surface area (Å²) >= 11 is 6.60. The minimum atomic E-state index is -3.98. The van der Waals surface area contributed by atoms with Crippen LogP contribution in [0.25, 0.3) is 0 Å². The molecule has 0 N–H and O–H groups in total. The summed E-state index contributed by atoms with van der Waals surface area (Å²) in [7, 11) is -3.98. The molecule has 22 heavy (non-hydrogen) atoms. The van der Waals surface area contributed by atoms with Gasteiger partial charge in [0.25, 0.3) is 0 Å². The van der Waals surface area contributed by atoms with E-state index < -0.39 is 21.2 Å². The van der Waals surface area contributed by atoms with Crippen molar-refractivity contribution in [3.05, 3.63) is 62.5 Å². The fourth-order valence-electron chi connectivity index (χ4n) is 2.28. The summed E-state index contributed by atoms with van der Waals surface area (Å²) in [6.45, 7) is 0. The Kier molecular flexibility index (Phi) is 4.13. The van der Waals surface area contributed by atoms with E-state index in [0.717, 1.165) is 10.0 Å². The standard InChI is InChI=1S/C15H10Br2O4S/c16-10-3-1-9(2-4-10)7-14-15(18)12-8-11(17)5-6-13(12)21-22(14,19)20/h1-6,8,14H,7H2. The maximum absolute atomic E-state index is 12.6. The summed E-state index contributed by atoms with van der Waals surface area (Å²) in [6, 6.07) is 11.9. The van der Waals surface area contributed by atoms with Gasteiger partial charge in [-0.05, 0) is 35.9 Å². The zero-order chi connectivity index (χ0) is 15.9. The molecule has 1 unspecified atom stereocenters. The number of carbonyl (C=O) groups is 1. The molecule has 3 rings (SSSR count). The first-order chi connectivity index (χ1) is 10.4. The molecule has 4 nitrogen and oxygen atoms in total. The number of Topliss-reactive ketones (excluding diaryl/α,β-unsaturated/α-hetero) is 1. The third-order valence-corrected chi connectivity index (χ3v) is 5.90. The van der Waals surface area contributed by atoms with E-state index in [1.165, 1.54) is 6.07 Å². The van der Waals surface area contributed by atoms with Crippen LogP contribution in [0.2, 0.25) is 0 Å². The van der Waals surface area contributed by atoms with E-state index in [4.69, 9.17) is 4.18 Å². The van der Waals surface area contributed by atoms with Crippen molar-refractivity contribution in [2.45, 2.75) is 11.7 Å². The summed E-state index contributed by atoms with van der Waals surface area (Å²) < 4.78 is 31.2. The first kappa shape index (κ1) is 15.7. The van der Waals surface area contributed by atoms with Gasteiger partial charge in [-0.25, -0.2) is 0 Å². The summed E-state index contributed by atoms with van der Waals surface area (Å²) in [5.74, 6) is -0.356. The van der Waals surface area contributed by atoms with Gasteiger partial charge in [0.1, 0.15) is 0 Å². The van der Waals surface area contributed by atoms with Crippen LogP contribution in [0.4, 0.5) is 0 Å². The summed E-state index contributed by atoms with van der Waals surface area (Å²) in [6.07, 6.45) is 0.0837. The Balaban J connectivity index is 2.00. The molecule has 0 bridgehead atoms. The minimum Gasteiger partial charge on any atom is -0.381 e. The molecule has 0 spiro atoms. The smallest absolute Gasteiger partial charge is 0.320 e. The first-order valence-electron chi connectivity index (χ1n) is 6.38. The fraction of sp³-hybridized carbons (Fsp3) is 0.133. The van der Waals surface area contributed by atoms with Crippen molar-refractivity contribution < 1.29 is 17.4 Å². The zero-order valence-electron chi connectivity index (χ0n) is 11.1. The molecule has 0 radical (unpaired) electrons. The third-order valence-electron chi connectivity index (χ3n) is 3.39. The Labute approximate surface area is 144 Å². The molecule has 7 heteroatoms. The van der Waals surface area contributed by atoms with E-state index in [0.29, 0.717) is 4.47 Å². The minimum absolute atomic E-state index is 0.0836. The number of benzene rings is 2. The highest BCUT2D eigenvalue weighted by atomic mass is 79.9. The quantitative estimate of drug-likeness (QED) is 0.661. The second-order valence-corrected chi connectivity index (χ2v) is 8.45. The third kappa shape index (κ3) is 2.98. The highest BCUT2D eigenvalue weighted by Gasteiger charge is 2.41. The monoisotopic (exact) mass is 444 g/mol. The molecule has 1 atom stereocenters. The molecule has 0 aromatic heterocycles. The van der Waals surface area contributed by atoms with E-state index >= 15 is 0 Å². The van der Waals surface area contributed by atoms with Gasteiger partial charge in [-0.1, -0.05) is 44.0 Å². The number of hydrogen-bond donors (Lipinski definition) is 0. The van der Waals surface area contributed by atoms with Crippen LogP contribution in [-0.4, -0.2) is 19.5 Å². The molecule has 1 aliphatic heterocycles. The summed E-state index contributed by atoms with van der Waals surface area (Å²) in [5, 5.41) is -1.23. The summed E-state index contributed by atoms with van der Waals surface area (Å²) in [4.78, 5) is 12.6. The normalized spacial score (nSPS) is 19.4. The Hall–Kier alpha value is -1.18. The van der Waals surface area contributed by atoms with Crippen molar-refractivity contribution in [1.82, 2.24) is 0 Å². The molecule has 114 valence electrons. The van der Waals surface area contributed by atoms with Crippen molar-refractivity contribution in [2.75, 3.05) is 0 Å². The van der Waals surface area contributed by atoms with Crippen LogP contribution in [0.1, 0.15) is 15.9 Å². The van der Waals surface area contributed by atoms with Gasteiger partial charge in [0, 0.05) is 15.4 Å². The highest BCUT2D eigenvalue weighted by molar-refractivity contribution is 9.10. The van der Waals surface area contributed by atoms with Crippen LogP contribution in [0.3, 0.4) is 0 Å². The summed E-state index contributed by atoms with van der Waals surface area (Å²) in [5.41, 5.74) is 1.04. The molecule has 2 aromatic carbocycles. The molecule has 1 aliphatic rings. The number of ketones is 1. The van der Waals surface area contributed by atoms with Gasteiger partial charge in [0.15, 0.2) is 16.8 Å². The van der Waals surface area contributed by atoms with Gasteiger partial charge in [-0.2, -0.15) is 8.42 Å². The van der Waals surface area contributed by atoms with Crippen molar-refractivity contribution >= 4 is 47.8 Å². The van der Waals surface area contributed by atoms with Gasteiger partial charge >= 0.3 is 10.1 Å². The fourth-order valence-corrected chi connectivity index (χ4v) is 4.21. The Morgan fingerprint density at radius 3 is 2.32 bits per heavy atom. The predicted molar refractivity (Wildman–Crippen MR) is 89.7 cm³/mol. The number of carbonyl (C=O) groups excluding carboxylic acids is 1. The number of hydrogen-bond acceptors (Lipinski definition) is 4. The molecule has 0 saturated heterocycles. The van der Waals surface area contributed by atoms with Crippen LogP contribution >= 0.6 is 31.9 Å². The van der Waals surface area contributed by atoms with Gasteiger partial charge in [-0.3, -0.25) is 4.79 Å². The van der Waals surface area contributed by atoms with Crippen LogP contribution in [0, 0.1) is 0 Å². The molecule has 0 saturated carbocycles. The van der Waals surface area contributed by atoms with Crippen molar-refractivity contribution in [1.29, 1.82) is 0 Å².